The molecule has 0 saturated carbocycles. The van der Waals surface area contributed by atoms with Gasteiger partial charge in [0.1, 0.15) is 6.04 Å². The lowest BCUT2D eigenvalue weighted by molar-refractivity contribution is 0.366. The molecule has 0 saturated heterocycles. The van der Waals surface area contributed by atoms with E-state index in [0.717, 1.165) is 11.1 Å². The Balaban J connectivity index is 1.92. The third-order valence-electron chi connectivity index (χ3n) is 2.93. The Morgan fingerprint density at radius 1 is 1.16 bits per heavy atom. The van der Waals surface area contributed by atoms with Gasteiger partial charge in [-0.25, -0.2) is 0 Å². The van der Waals surface area contributed by atoms with Crippen LogP contribution in [0.3, 0.4) is 0 Å². The molecule has 0 amide bonds. The maximum atomic E-state index is 6.09. The fourth-order valence-corrected chi connectivity index (χ4v) is 1.86. The minimum Gasteiger partial charge on any atom is -0.461 e. The Labute approximate surface area is 110 Å². The van der Waals surface area contributed by atoms with Crippen LogP contribution in [0.4, 0.5) is 0 Å². The highest BCUT2D eigenvalue weighted by Crippen LogP contribution is 2.24. The molecule has 1 unspecified atom stereocenters. The Morgan fingerprint density at radius 2 is 1.95 bits per heavy atom. The van der Waals surface area contributed by atoms with Gasteiger partial charge in [-0.3, -0.25) is 0 Å². The minimum absolute atomic E-state index is 0.372. The molecule has 3 rings (SSSR count). The van der Waals surface area contributed by atoms with Crippen molar-refractivity contribution >= 4 is 0 Å². The van der Waals surface area contributed by atoms with E-state index in [1.54, 1.807) is 6.26 Å². The summed E-state index contributed by atoms with van der Waals surface area (Å²) >= 11 is 0. The van der Waals surface area contributed by atoms with Crippen molar-refractivity contribution in [2.75, 3.05) is 0 Å². The number of aryl methyl sites for hydroxylation is 1. The lowest BCUT2D eigenvalue weighted by atomic mass is 10.1. The van der Waals surface area contributed by atoms with Crippen molar-refractivity contribution < 1.29 is 8.94 Å². The highest BCUT2D eigenvalue weighted by atomic mass is 16.5. The van der Waals surface area contributed by atoms with E-state index >= 15 is 0 Å². The molecular weight excluding hydrogens is 242 g/mol. The van der Waals surface area contributed by atoms with Crippen LogP contribution in [0, 0.1) is 6.92 Å². The van der Waals surface area contributed by atoms with E-state index in [4.69, 9.17) is 14.7 Å². The van der Waals surface area contributed by atoms with Crippen molar-refractivity contribution in [1.29, 1.82) is 0 Å². The molecule has 5 nitrogen and oxygen atoms in total. The van der Waals surface area contributed by atoms with Gasteiger partial charge < -0.3 is 14.7 Å². The van der Waals surface area contributed by atoms with Crippen molar-refractivity contribution in [3.8, 4) is 11.6 Å². The first-order chi connectivity index (χ1) is 9.25. The first-order valence-electron chi connectivity index (χ1n) is 5.94. The van der Waals surface area contributed by atoms with Crippen molar-refractivity contribution in [2.24, 2.45) is 5.73 Å². The summed E-state index contributed by atoms with van der Waals surface area (Å²) in [5.41, 5.74) is 7.98. The Morgan fingerprint density at radius 3 is 2.63 bits per heavy atom. The van der Waals surface area contributed by atoms with Crippen LogP contribution in [-0.4, -0.2) is 10.1 Å². The van der Waals surface area contributed by atoms with Crippen molar-refractivity contribution in [1.82, 2.24) is 10.1 Å². The molecule has 1 atom stereocenters. The van der Waals surface area contributed by atoms with E-state index in [1.807, 2.05) is 43.3 Å². The number of hydrogen-bond acceptors (Lipinski definition) is 5. The van der Waals surface area contributed by atoms with Crippen LogP contribution in [0.15, 0.2) is 51.6 Å². The van der Waals surface area contributed by atoms with Gasteiger partial charge in [-0.2, -0.15) is 4.98 Å². The van der Waals surface area contributed by atoms with Gasteiger partial charge in [0.25, 0.3) is 0 Å². The second kappa shape index (κ2) is 4.70. The van der Waals surface area contributed by atoms with Crippen molar-refractivity contribution in [3.63, 3.8) is 0 Å². The SMILES string of the molecule is Cc1ccoc1-c1noc(C(N)c2ccccc2)n1. The number of hydrogen-bond donors (Lipinski definition) is 1. The number of nitrogens with zero attached hydrogens (tertiary/aromatic N) is 2. The van der Waals surface area contributed by atoms with Crippen molar-refractivity contribution in [3.05, 3.63) is 59.7 Å². The van der Waals surface area contributed by atoms with E-state index in [1.165, 1.54) is 0 Å². The molecule has 0 fully saturated rings. The third kappa shape index (κ3) is 2.15. The van der Waals surface area contributed by atoms with Crippen LogP contribution in [0.25, 0.3) is 11.6 Å². The molecule has 1 aromatic carbocycles. The highest BCUT2D eigenvalue weighted by molar-refractivity contribution is 5.51. The van der Waals surface area contributed by atoms with Gasteiger partial charge in [-0.15, -0.1) is 0 Å². The van der Waals surface area contributed by atoms with Gasteiger partial charge in [0.05, 0.1) is 6.26 Å². The monoisotopic (exact) mass is 255 g/mol. The average molecular weight is 255 g/mol. The Hall–Kier alpha value is -2.40. The minimum atomic E-state index is -0.433. The summed E-state index contributed by atoms with van der Waals surface area (Å²) in [6.45, 7) is 1.92. The average Bonchev–Trinajstić information content (AvgIpc) is 3.07. The molecule has 0 aliphatic rings. The zero-order valence-corrected chi connectivity index (χ0v) is 10.4. The van der Waals surface area contributed by atoms with E-state index in [2.05, 4.69) is 10.1 Å². The van der Waals surface area contributed by atoms with Crippen LogP contribution < -0.4 is 5.73 Å². The lowest BCUT2D eigenvalue weighted by Gasteiger charge is -2.05. The van der Waals surface area contributed by atoms with Gasteiger partial charge in [-0.05, 0) is 24.1 Å². The summed E-state index contributed by atoms with van der Waals surface area (Å²) in [6, 6.07) is 11.0. The first-order valence-corrected chi connectivity index (χ1v) is 5.94. The Kier molecular flexibility index (Phi) is 2.89. The molecule has 0 spiro atoms. The number of aromatic nitrogens is 2. The predicted molar refractivity (Wildman–Crippen MR) is 69.2 cm³/mol. The smallest absolute Gasteiger partial charge is 0.248 e. The first kappa shape index (κ1) is 11.7. The number of rotatable bonds is 3. The van der Waals surface area contributed by atoms with Gasteiger partial charge in [0.2, 0.25) is 11.7 Å². The third-order valence-corrected chi connectivity index (χ3v) is 2.93. The standard InChI is InChI=1S/C14H13N3O2/c1-9-7-8-18-12(9)13-16-14(19-17-13)11(15)10-5-3-2-4-6-10/h2-8,11H,15H2,1H3. The summed E-state index contributed by atoms with van der Waals surface area (Å²) in [5.74, 6) is 1.40. The van der Waals surface area contributed by atoms with Gasteiger partial charge in [-0.1, -0.05) is 35.5 Å². The van der Waals surface area contributed by atoms with Crippen LogP contribution in [0.5, 0.6) is 0 Å². The molecule has 3 aromatic rings. The number of benzene rings is 1. The van der Waals surface area contributed by atoms with E-state index < -0.39 is 6.04 Å². The lowest BCUT2D eigenvalue weighted by Crippen LogP contribution is -2.11. The summed E-state index contributed by atoms with van der Waals surface area (Å²) in [7, 11) is 0. The zero-order chi connectivity index (χ0) is 13.2. The Bertz CT molecular complexity index is 673. The van der Waals surface area contributed by atoms with E-state index in [-0.39, 0.29) is 0 Å². The van der Waals surface area contributed by atoms with Crippen LogP contribution in [-0.2, 0) is 0 Å². The van der Waals surface area contributed by atoms with Gasteiger partial charge >= 0.3 is 0 Å². The van der Waals surface area contributed by atoms with E-state index in [9.17, 15) is 0 Å². The maximum Gasteiger partial charge on any atom is 0.248 e. The van der Waals surface area contributed by atoms with Crippen LogP contribution in [0.2, 0.25) is 0 Å². The zero-order valence-electron chi connectivity index (χ0n) is 10.4. The maximum absolute atomic E-state index is 6.09. The van der Waals surface area contributed by atoms with Gasteiger partial charge in [0.15, 0.2) is 5.76 Å². The molecule has 0 aliphatic heterocycles. The summed E-state index contributed by atoms with van der Waals surface area (Å²) in [4.78, 5) is 4.29. The van der Waals surface area contributed by atoms with Crippen LogP contribution >= 0.6 is 0 Å². The van der Waals surface area contributed by atoms with E-state index in [0.29, 0.717) is 17.5 Å². The molecule has 0 bridgehead atoms. The topological polar surface area (TPSA) is 78.1 Å². The molecule has 2 heterocycles. The fraction of sp³-hybridized carbons (Fsp3) is 0.143. The van der Waals surface area contributed by atoms with Gasteiger partial charge in [0, 0.05) is 0 Å². The second-order valence-electron chi connectivity index (χ2n) is 4.28. The normalized spacial score (nSPS) is 12.5. The molecule has 0 radical (unpaired) electrons. The molecule has 2 N–H and O–H groups in total. The molecule has 96 valence electrons. The summed E-state index contributed by atoms with van der Waals surface area (Å²) < 4.78 is 10.5. The van der Waals surface area contributed by atoms with Crippen LogP contribution in [0.1, 0.15) is 23.1 Å². The fourth-order valence-electron chi connectivity index (χ4n) is 1.86. The molecule has 19 heavy (non-hydrogen) atoms. The molecular formula is C14H13N3O2. The largest absolute Gasteiger partial charge is 0.461 e. The highest BCUT2D eigenvalue weighted by Gasteiger charge is 2.19. The summed E-state index contributed by atoms with van der Waals surface area (Å²) in [5, 5.41) is 3.91. The number of nitrogens with two attached hydrogens (primary N) is 1. The molecule has 5 heteroatoms. The second-order valence-corrected chi connectivity index (χ2v) is 4.28. The molecule has 2 aromatic heterocycles. The number of furan rings is 1. The quantitative estimate of drug-likeness (QED) is 0.778. The molecule has 0 aliphatic carbocycles. The van der Waals surface area contributed by atoms with Crippen molar-refractivity contribution in [2.45, 2.75) is 13.0 Å². The predicted octanol–water partition coefficient (Wildman–Crippen LogP) is 2.69. The summed E-state index contributed by atoms with van der Waals surface area (Å²) in [6.07, 6.45) is 1.60.